The van der Waals surface area contributed by atoms with Gasteiger partial charge in [0.05, 0.1) is 5.41 Å². The first-order chi connectivity index (χ1) is 25.8. The summed E-state index contributed by atoms with van der Waals surface area (Å²) in [6.45, 7) is 0. The lowest BCUT2D eigenvalue weighted by atomic mass is 9.70. The van der Waals surface area contributed by atoms with Crippen molar-refractivity contribution >= 4 is 33.3 Å². The van der Waals surface area contributed by atoms with Gasteiger partial charge in [0.25, 0.3) is 0 Å². The van der Waals surface area contributed by atoms with Crippen LogP contribution in [0, 0.1) is 0 Å². The monoisotopic (exact) mass is 674 g/mol. The summed E-state index contributed by atoms with van der Waals surface area (Å²) in [6.07, 6.45) is 0. The van der Waals surface area contributed by atoms with Crippen molar-refractivity contribution in [3.8, 4) is 55.6 Å². The summed E-state index contributed by atoms with van der Waals surface area (Å²) >= 11 is 1.89. The van der Waals surface area contributed by atoms with Crippen LogP contribution in [0.2, 0.25) is 0 Å². The molecule has 0 atom stereocenters. The first-order valence-corrected chi connectivity index (χ1v) is 18.9. The van der Waals surface area contributed by atoms with E-state index in [1.807, 2.05) is 11.8 Å². The van der Waals surface area contributed by atoms with E-state index in [-0.39, 0.29) is 5.41 Å². The van der Waals surface area contributed by atoms with Crippen molar-refractivity contribution in [1.82, 2.24) is 0 Å². The molecule has 0 nitrogen and oxygen atoms in total. The minimum atomic E-state index is -0.353. The number of rotatable bonds is 2. The summed E-state index contributed by atoms with van der Waals surface area (Å²) in [4.78, 5) is 2.65. The highest BCUT2D eigenvalue weighted by Crippen LogP contribution is 2.63. The largest absolute Gasteiger partial charge is 0.0888 e. The van der Waals surface area contributed by atoms with E-state index in [0.29, 0.717) is 0 Å². The average Bonchev–Trinajstić information content (AvgIpc) is 3.67. The van der Waals surface area contributed by atoms with Crippen LogP contribution in [-0.4, -0.2) is 0 Å². The van der Waals surface area contributed by atoms with Gasteiger partial charge in [0, 0.05) is 15.2 Å². The molecule has 12 rings (SSSR count). The maximum absolute atomic E-state index is 2.50. The molecule has 0 radical (unpaired) electrons. The standard InChI is InChI=1S/C51H30S/c1-2-14-37-35(33-24-26-42-43-18-9-11-31-12-10-22-48(50(31)43)52-49(42)30-33)28-27-34(36(37)13-1)32-23-25-41-40-17-5-8-21-46(40)51(47(41)29-32)44-19-6-3-15-38(44)39-16-4-7-20-45(39)51/h1-30H. The molecule has 9 aromatic carbocycles. The fraction of sp³-hybridized carbons (Fsp3) is 0.0196. The Morgan fingerprint density at radius 2 is 0.788 bits per heavy atom. The minimum absolute atomic E-state index is 0.353. The van der Waals surface area contributed by atoms with Gasteiger partial charge in [0.2, 0.25) is 0 Å². The summed E-state index contributed by atoms with van der Waals surface area (Å²) in [5.74, 6) is 0. The third kappa shape index (κ3) is 3.63. The molecule has 1 heteroatoms. The zero-order valence-corrected chi connectivity index (χ0v) is 29.0. The molecule has 0 N–H and O–H groups in total. The number of hydrogen-bond donors (Lipinski definition) is 0. The lowest BCUT2D eigenvalue weighted by Gasteiger charge is -2.30. The van der Waals surface area contributed by atoms with Crippen LogP contribution in [0.25, 0.3) is 77.2 Å². The van der Waals surface area contributed by atoms with Gasteiger partial charge >= 0.3 is 0 Å². The maximum Gasteiger partial charge on any atom is 0.0725 e. The lowest BCUT2D eigenvalue weighted by Crippen LogP contribution is -2.25. The Kier molecular flexibility index (Phi) is 5.73. The van der Waals surface area contributed by atoms with Gasteiger partial charge in [-0.3, -0.25) is 0 Å². The van der Waals surface area contributed by atoms with Gasteiger partial charge in [-0.25, -0.2) is 0 Å². The highest BCUT2D eigenvalue weighted by molar-refractivity contribution is 7.99. The third-order valence-corrected chi connectivity index (χ3v) is 13.0. The van der Waals surface area contributed by atoms with Crippen molar-refractivity contribution in [3.05, 3.63) is 204 Å². The summed E-state index contributed by atoms with van der Waals surface area (Å²) in [7, 11) is 0. The van der Waals surface area contributed by atoms with E-state index in [4.69, 9.17) is 0 Å². The highest BCUT2D eigenvalue weighted by Gasteiger charge is 2.51. The summed E-state index contributed by atoms with van der Waals surface area (Å²) in [5, 5.41) is 5.23. The van der Waals surface area contributed by atoms with Crippen molar-refractivity contribution in [1.29, 1.82) is 0 Å². The van der Waals surface area contributed by atoms with Gasteiger partial charge in [-0.15, -0.1) is 0 Å². The Hall–Kier alpha value is -6.15. The van der Waals surface area contributed by atoms with E-state index < -0.39 is 0 Å². The normalized spacial score (nSPS) is 13.8. The average molecular weight is 675 g/mol. The molecule has 3 aliphatic rings. The van der Waals surface area contributed by atoms with Gasteiger partial charge in [-0.1, -0.05) is 176 Å². The molecular weight excluding hydrogens is 645 g/mol. The molecule has 0 saturated carbocycles. The second-order valence-electron chi connectivity index (χ2n) is 14.3. The molecular formula is C51H30S. The van der Waals surface area contributed by atoms with E-state index in [9.17, 15) is 0 Å². The zero-order valence-electron chi connectivity index (χ0n) is 28.2. The van der Waals surface area contributed by atoms with Gasteiger partial charge in [0.1, 0.15) is 0 Å². The Labute approximate surface area is 307 Å². The zero-order chi connectivity index (χ0) is 34.0. The van der Waals surface area contributed by atoms with Crippen LogP contribution in [0.5, 0.6) is 0 Å². The van der Waals surface area contributed by atoms with E-state index in [0.717, 1.165) is 0 Å². The van der Waals surface area contributed by atoms with Gasteiger partial charge < -0.3 is 0 Å². The second kappa shape index (κ2) is 10.4. The Balaban J connectivity index is 1.04. The second-order valence-corrected chi connectivity index (χ2v) is 15.4. The topological polar surface area (TPSA) is 0 Å². The molecule has 1 spiro atoms. The highest BCUT2D eigenvalue weighted by atomic mass is 32.2. The molecule has 0 fully saturated rings. The molecule has 0 aromatic heterocycles. The molecule has 0 saturated heterocycles. The number of benzene rings is 9. The summed E-state index contributed by atoms with van der Waals surface area (Å²) in [5.41, 5.74) is 18.2. The van der Waals surface area contributed by atoms with Crippen LogP contribution >= 0.6 is 11.8 Å². The maximum atomic E-state index is 2.50. The summed E-state index contributed by atoms with van der Waals surface area (Å²) < 4.78 is 0. The fourth-order valence-corrected chi connectivity index (χ4v) is 11.0. The fourth-order valence-electron chi connectivity index (χ4n) is 9.80. The summed E-state index contributed by atoms with van der Waals surface area (Å²) in [6, 6.07) is 68.5. The van der Waals surface area contributed by atoms with Gasteiger partial charge in [0.15, 0.2) is 0 Å². The minimum Gasteiger partial charge on any atom is -0.0888 e. The van der Waals surface area contributed by atoms with Crippen molar-refractivity contribution < 1.29 is 0 Å². The van der Waals surface area contributed by atoms with E-state index in [1.54, 1.807) is 0 Å². The van der Waals surface area contributed by atoms with Crippen molar-refractivity contribution in [2.24, 2.45) is 0 Å². The van der Waals surface area contributed by atoms with Crippen LogP contribution < -0.4 is 0 Å². The first-order valence-electron chi connectivity index (χ1n) is 18.1. The van der Waals surface area contributed by atoms with E-state index in [1.165, 1.54) is 109 Å². The molecule has 9 aromatic rings. The Morgan fingerprint density at radius 3 is 1.42 bits per heavy atom. The molecule has 0 amide bonds. The first kappa shape index (κ1) is 28.5. The molecule has 2 aliphatic carbocycles. The number of fused-ring (bicyclic) bond motifs is 13. The quantitative estimate of drug-likeness (QED) is 0.176. The third-order valence-electron chi connectivity index (χ3n) is 11.9. The predicted molar refractivity (Wildman–Crippen MR) is 218 cm³/mol. The van der Waals surface area contributed by atoms with Crippen LogP contribution in [0.1, 0.15) is 22.3 Å². The lowest BCUT2D eigenvalue weighted by molar-refractivity contribution is 0.794. The molecule has 0 bridgehead atoms. The Morgan fingerprint density at radius 1 is 0.308 bits per heavy atom. The smallest absolute Gasteiger partial charge is 0.0725 e. The molecule has 1 heterocycles. The predicted octanol–water partition coefficient (Wildman–Crippen LogP) is 13.8. The SMILES string of the molecule is c1ccc2c(c1)-c1ccccc1C21c2ccccc2-c2ccc(-c3ccc(-c4ccc5c(c4)Sc4cccc6cccc-5c46)c4ccccc34)cc21. The van der Waals surface area contributed by atoms with E-state index >= 15 is 0 Å². The van der Waals surface area contributed by atoms with Gasteiger partial charge in [-0.05, 0) is 112 Å². The van der Waals surface area contributed by atoms with Gasteiger partial charge in [-0.2, -0.15) is 0 Å². The van der Waals surface area contributed by atoms with Crippen molar-refractivity contribution in [2.45, 2.75) is 15.2 Å². The van der Waals surface area contributed by atoms with Crippen LogP contribution in [-0.2, 0) is 5.41 Å². The van der Waals surface area contributed by atoms with Crippen LogP contribution in [0.4, 0.5) is 0 Å². The molecule has 1 aliphatic heterocycles. The van der Waals surface area contributed by atoms with Crippen LogP contribution in [0.3, 0.4) is 0 Å². The molecule has 0 unspecified atom stereocenters. The Bertz CT molecular complexity index is 2930. The van der Waals surface area contributed by atoms with Crippen molar-refractivity contribution in [3.63, 3.8) is 0 Å². The molecule has 240 valence electrons. The molecule has 52 heavy (non-hydrogen) atoms. The van der Waals surface area contributed by atoms with E-state index in [2.05, 4.69) is 182 Å². The van der Waals surface area contributed by atoms with Crippen LogP contribution in [0.15, 0.2) is 192 Å². The van der Waals surface area contributed by atoms with Crippen molar-refractivity contribution in [2.75, 3.05) is 0 Å². The number of hydrogen-bond acceptors (Lipinski definition) is 1.